The molecule has 2 rings (SSSR count). The average molecular weight is 279 g/mol. The number of amides is 1. The van der Waals surface area contributed by atoms with E-state index in [2.05, 4.69) is 16.7 Å². The number of nitrogens with zero attached hydrogens (tertiary/aromatic N) is 1. The summed E-state index contributed by atoms with van der Waals surface area (Å²) in [6.07, 6.45) is 0. The maximum atomic E-state index is 12.2. The van der Waals surface area contributed by atoms with Crippen LogP contribution in [0.15, 0.2) is 48.5 Å². The van der Waals surface area contributed by atoms with Gasteiger partial charge in [0, 0.05) is 5.69 Å². The van der Waals surface area contributed by atoms with Crippen LogP contribution in [0.1, 0.15) is 18.1 Å². The second-order valence-corrected chi connectivity index (χ2v) is 4.88. The van der Waals surface area contributed by atoms with Crippen LogP contribution in [0.4, 0.5) is 11.4 Å². The van der Waals surface area contributed by atoms with Crippen molar-refractivity contribution in [3.05, 3.63) is 59.7 Å². The van der Waals surface area contributed by atoms with Crippen LogP contribution in [0, 0.1) is 18.3 Å². The lowest BCUT2D eigenvalue weighted by molar-refractivity contribution is -0.116. The maximum Gasteiger partial charge on any atom is 0.246 e. The Hall–Kier alpha value is -2.80. The predicted molar refractivity (Wildman–Crippen MR) is 84.1 cm³/mol. The van der Waals surface area contributed by atoms with E-state index in [-0.39, 0.29) is 5.91 Å². The van der Waals surface area contributed by atoms with Crippen molar-refractivity contribution in [1.82, 2.24) is 0 Å². The molecular formula is C17H17N3O. The van der Waals surface area contributed by atoms with Gasteiger partial charge in [-0.25, -0.2) is 0 Å². The normalized spacial score (nSPS) is 11.3. The lowest BCUT2D eigenvalue weighted by Crippen LogP contribution is -2.32. The Morgan fingerprint density at radius 2 is 1.81 bits per heavy atom. The molecule has 1 unspecified atom stereocenters. The highest BCUT2D eigenvalue weighted by atomic mass is 16.2. The first-order valence-corrected chi connectivity index (χ1v) is 6.73. The molecule has 106 valence electrons. The number of rotatable bonds is 4. The third-order valence-electron chi connectivity index (χ3n) is 3.13. The van der Waals surface area contributed by atoms with Gasteiger partial charge >= 0.3 is 0 Å². The zero-order valence-electron chi connectivity index (χ0n) is 12.1. The Labute approximate surface area is 124 Å². The Bertz CT molecular complexity index is 671. The molecule has 0 saturated carbocycles. The first-order chi connectivity index (χ1) is 10.1. The van der Waals surface area contributed by atoms with Crippen LogP contribution in [-0.2, 0) is 4.79 Å². The highest BCUT2D eigenvalue weighted by Gasteiger charge is 2.14. The molecule has 0 spiro atoms. The largest absolute Gasteiger partial charge is 0.374 e. The van der Waals surface area contributed by atoms with E-state index in [4.69, 9.17) is 5.26 Å². The van der Waals surface area contributed by atoms with Crippen LogP contribution in [0.3, 0.4) is 0 Å². The molecule has 2 N–H and O–H groups in total. The maximum absolute atomic E-state index is 12.2. The number of nitriles is 1. The van der Waals surface area contributed by atoms with Gasteiger partial charge in [-0.1, -0.05) is 29.8 Å². The summed E-state index contributed by atoms with van der Waals surface area (Å²) in [6, 6.07) is 16.4. The van der Waals surface area contributed by atoms with Crippen molar-refractivity contribution < 1.29 is 4.79 Å². The SMILES string of the molecule is Cc1ccc(NC(C)C(=O)Nc2ccccc2C#N)cc1. The number of para-hydroxylation sites is 1. The monoisotopic (exact) mass is 279 g/mol. The summed E-state index contributed by atoms with van der Waals surface area (Å²) in [5.74, 6) is -0.182. The van der Waals surface area contributed by atoms with Crippen LogP contribution in [0.25, 0.3) is 0 Å². The molecular weight excluding hydrogens is 262 g/mol. The molecule has 4 nitrogen and oxygen atoms in total. The summed E-state index contributed by atoms with van der Waals surface area (Å²) in [7, 11) is 0. The summed E-state index contributed by atoms with van der Waals surface area (Å²) in [6.45, 7) is 3.79. The van der Waals surface area contributed by atoms with E-state index < -0.39 is 6.04 Å². The predicted octanol–water partition coefficient (Wildman–Crippen LogP) is 3.31. The molecule has 0 heterocycles. The van der Waals surface area contributed by atoms with Gasteiger partial charge in [0.2, 0.25) is 5.91 Å². The van der Waals surface area contributed by atoms with E-state index in [0.29, 0.717) is 11.3 Å². The standard InChI is InChI=1S/C17H17N3O/c1-12-7-9-15(10-8-12)19-13(2)17(21)20-16-6-4-3-5-14(16)11-18/h3-10,13,19H,1-2H3,(H,20,21). The number of carbonyl (C=O) groups is 1. The van der Waals surface area contributed by atoms with Gasteiger partial charge in [0.25, 0.3) is 0 Å². The average Bonchev–Trinajstić information content (AvgIpc) is 2.50. The number of hydrogen-bond donors (Lipinski definition) is 2. The van der Waals surface area contributed by atoms with Crippen LogP contribution < -0.4 is 10.6 Å². The van der Waals surface area contributed by atoms with E-state index in [0.717, 1.165) is 5.69 Å². The van der Waals surface area contributed by atoms with Gasteiger partial charge in [-0.15, -0.1) is 0 Å². The number of nitrogens with one attached hydrogen (secondary N) is 2. The van der Waals surface area contributed by atoms with Gasteiger partial charge in [-0.3, -0.25) is 4.79 Å². The van der Waals surface area contributed by atoms with Crippen molar-refractivity contribution in [2.24, 2.45) is 0 Å². The lowest BCUT2D eigenvalue weighted by atomic mass is 10.2. The molecule has 4 heteroatoms. The molecule has 0 aliphatic carbocycles. The molecule has 0 aliphatic heterocycles. The second-order valence-electron chi connectivity index (χ2n) is 4.88. The van der Waals surface area contributed by atoms with Gasteiger partial charge in [-0.05, 0) is 38.1 Å². The van der Waals surface area contributed by atoms with Crippen LogP contribution in [0.5, 0.6) is 0 Å². The smallest absolute Gasteiger partial charge is 0.246 e. The molecule has 0 aliphatic rings. The number of hydrogen-bond acceptors (Lipinski definition) is 3. The fraction of sp³-hybridized carbons (Fsp3) is 0.176. The van der Waals surface area contributed by atoms with E-state index in [9.17, 15) is 4.79 Å². The topological polar surface area (TPSA) is 64.9 Å². The summed E-state index contributed by atoms with van der Waals surface area (Å²) in [5, 5.41) is 14.9. The van der Waals surface area contributed by atoms with Gasteiger partial charge in [0.1, 0.15) is 12.1 Å². The lowest BCUT2D eigenvalue weighted by Gasteiger charge is -2.16. The van der Waals surface area contributed by atoms with Crippen LogP contribution in [-0.4, -0.2) is 11.9 Å². The van der Waals surface area contributed by atoms with E-state index in [1.54, 1.807) is 31.2 Å². The molecule has 0 radical (unpaired) electrons. The minimum atomic E-state index is -0.403. The van der Waals surface area contributed by atoms with Crippen LogP contribution >= 0.6 is 0 Å². The molecule has 0 fully saturated rings. The van der Waals surface area contributed by atoms with Crippen molar-refractivity contribution >= 4 is 17.3 Å². The molecule has 2 aromatic rings. The Balaban J connectivity index is 2.03. The molecule has 1 atom stereocenters. The molecule has 0 bridgehead atoms. The number of carbonyl (C=O) groups excluding carboxylic acids is 1. The number of aryl methyl sites for hydroxylation is 1. The molecule has 0 aromatic heterocycles. The van der Waals surface area contributed by atoms with Gasteiger partial charge in [0.05, 0.1) is 11.3 Å². The second kappa shape index (κ2) is 6.58. The minimum absolute atomic E-state index is 0.182. The fourth-order valence-electron chi connectivity index (χ4n) is 1.90. The Kier molecular flexibility index (Phi) is 4.57. The fourth-order valence-corrected chi connectivity index (χ4v) is 1.90. The van der Waals surface area contributed by atoms with Crippen molar-refractivity contribution in [3.63, 3.8) is 0 Å². The van der Waals surface area contributed by atoms with Crippen molar-refractivity contribution in [1.29, 1.82) is 5.26 Å². The first kappa shape index (κ1) is 14.6. The zero-order chi connectivity index (χ0) is 15.2. The van der Waals surface area contributed by atoms with Crippen LogP contribution in [0.2, 0.25) is 0 Å². The summed E-state index contributed by atoms with van der Waals surface area (Å²) < 4.78 is 0. The molecule has 0 saturated heterocycles. The third-order valence-corrected chi connectivity index (χ3v) is 3.13. The van der Waals surface area contributed by atoms with E-state index in [1.165, 1.54) is 5.56 Å². The van der Waals surface area contributed by atoms with Gasteiger partial charge < -0.3 is 10.6 Å². The molecule has 2 aromatic carbocycles. The summed E-state index contributed by atoms with van der Waals surface area (Å²) >= 11 is 0. The first-order valence-electron chi connectivity index (χ1n) is 6.73. The summed E-state index contributed by atoms with van der Waals surface area (Å²) in [5.41, 5.74) is 3.04. The molecule has 21 heavy (non-hydrogen) atoms. The molecule has 1 amide bonds. The minimum Gasteiger partial charge on any atom is -0.374 e. The van der Waals surface area contributed by atoms with Crippen molar-refractivity contribution in [2.45, 2.75) is 19.9 Å². The quantitative estimate of drug-likeness (QED) is 0.902. The Morgan fingerprint density at radius 3 is 2.48 bits per heavy atom. The van der Waals surface area contributed by atoms with Gasteiger partial charge in [0.15, 0.2) is 0 Å². The summed E-state index contributed by atoms with van der Waals surface area (Å²) in [4.78, 5) is 12.2. The van der Waals surface area contributed by atoms with Gasteiger partial charge in [-0.2, -0.15) is 5.26 Å². The van der Waals surface area contributed by atoms with Crippen molar-refractivity contribution in [2.75, 3.05) is 10.6 Å². The number of anilines is 2. The third kappa shape index (κ3) is 3.83. The van der Waals surface area contributed by atoms with E-state index in [1.807, 2.05) is 31.2 Å². The zero-order valence-corrected chi connectivity index (χ0v) is 12.1. The van der Waals surface area contributed by atoms with Crippen molar-refractivity contribution in [3.8, 4) is 6.07 Å². The Morgan fingerprint density at radius 1 is 1.14 bits per heavy atom. The number of benzene rings is 2. The highest BCUT2D eigenvalue weighted by molar-refractivity contribution is 5.97. The van der Waals surface area contributed by atoms with E-state index >= 15 is 0 Å². The highest BCUT2D eigenvalue weighted by Crippen LogP contribution is 2.15.